The molecule has 6 heteroatoms. The topological polar surface area (TPSA) is 26.3 Å². The van der Waals surface area contributed by atoms with Gasteiger partial charge >= 0.3 is 12.1 Å². The van der Waals surface area contributed by atoms with Gasteiger partial charge in [-0.25, -0.2) is 4.79 Å². The summed E-state index contributed by atoms with van der Waals surface area (Å²) in [4.78, 5) is 11.1. The summed E-state index contributed by atoms with van der Waals surface area (Å²) in [6, 6.07) is 9.40. The van der Waals surface area contributed by atoms with E-state index >= 15 is 0 Å². The van der Waals surface area contributed by atoms with Crippen molar-refractivity contribution in [1.29, 1.82) is 0 Å². The second kappa shape index (κ2) is 7.62. The summed E-state index contributed by atoms with van der Waals surface area (Å²) in [5, 5.41) is 0. The van der Waals surface area contributed by atoms with E-state index in [1.807, 2.05) is 6.08 Å². The third kappa shape index (κ3) is 6.93. The molecule has 0 amide bonds. The van der Waals surface area contributed by atoms with Crippen LogP contribution in [0, 0.1) is 0 Å². The number of halogens is 3. The number of esters is 1. The first-order valence-corrected chi connectivity index (χ1v) is 10.8. The highest BCUT2D eigenvalue weighted by atomic mass is 28.3. The van der Waals surface area contributed by atoms with Crippen LogP contribution in [0.2, 0.25) is 25.7 Å². The zero-order chi connectivity index (χ0) is 16.8. The second-order valence-corrected chi connectivity index (χ2v) is 11.8. The summed E-state index contributed by atoms with van der Waals surface area (Å²) in [7, 11) is -1.24. The zero-order valence-corrected chi connectivity index (χ0v) is 14.0. The summed E-state index contributed by atoms with van der Waals surface area (Å²) in [6.45, 7) is 6.61. The summed E-state index contributed by atoms with van der Waals surface area (Å²) in [5.74, 6) is -2.15. The number of ether oxygens (including phenoxy) is 1. The van der Waals surface area contributed by atoms with E-state index in [0.717, 1.165) is 6.04 Å². The highest BCUT2D eigenvalue weighted by molar-refractivity contribution is 6.76. The van der Waals surface area contributed by atoms with E-state index in [1.165, 1.54) is 0 Å². The van der Waals surface area contributed by atoms with E-state index in [2.05, 4.69) is 24.4 Å². The molecule has 0 N–H and O–H groups in total. The van der Waals surface area contributed by atoms with Gasteiger partial charge in [-0.15, -0.1) is 0 Å². The minimum absolute atomic E-state index is 0.232. The molecule has 0 spiro atoms. The Bertz CT molecular complexity index is 504. The molecule has 0 aliphatic rings. The van der Waals surface area contributed by atoms with Crippen LogP contribution in [0.25, 0.3) is 0 Å². The Hall–Kier alpha value is -1.56. The average Bonchev–Trinajstić information content (AvgIpc) is 2.40. The van der Waals surface area contributed by atoms with Crippen LogP contribution in [0.3, 0.4) is 0 Å². The largest absolute Gasteiger partial charge is 0.490 e. The molecule has 22 heavy (non-hydrogen) atoms. The molecule has 1 rings (SSSR count). The van der Waals surface area contributed by atoms with Crippen LogP contribution in [0.1, 0.15) is 18.1 Å². The molecule has 0 saturated heterocycles. The van der Waals surface area contributed by atoms with Gasteiger partial charge in [-0.3, -0.25) is 0 Å². The molecule has 0 saturated carbocycles. The van der Waals surface area contributed by atoms with Crippen LogP contribution < -0.4 is 0 Å². The normalized spacial score (nSPS) is 14.1. The summed E-state index contributed by atoms with van der Waals surface area (Å²) in [5.41, 5.74) is 0.553. The van der Waals surface area contributed by atoms with E-state index in [9.17, 15) is 18.0 Å². The molecular weight excluding hydrogens is 309 g/mol. The molecule has 0 fully saturated rings. The van der Waals surface area contributed by atoms with Gasteiger partial charge in [0, 0.05) is 14.5 Å². The summed E-state index contributed by atoms with van der Waals surface area (Å²) >= 11 is 0. The van der Waals surface area contributed by atoms with Crippen LogP contribution in [-0.4, -0.2) is 20.2 Å². The Kier molecular flexibility index (Phi) is 6.41. The number of carbonyl (C=O) groups excluding carboxylic acids is 1. The van der Waals surface area contributed by atoms with Crippen molar-refractivity contribution in [3.63, 3.8) is 0 Å². The minimum atomic E-state index is -4.98. The van der Waals surface area contributed by atoms with E-state index in [1.54, 1.807) is 36.4 Å². The Morgan fingerprint density at radius 2 is 1.77 bits per heavy atom. The molecule has 122 valence electrons. The van der Waals surface area contributed by atoms with Crippen molar-refractivity contribution in [2.45, 2.75) is 44.4 Å². The SMILES string of the molecule is C[Si](C)(C)C/C=C/CC(OC(=O)C(F)(F)F)c1ccccc1. The fraction of sp³-hybridized carbons (Fsp3) is 0.438. The van der Waals surface area contributed by atoms with Crippen LogP contribution >= 0.6 is 0 Å². The van der Waals surface area contributed by atoms with E-state index in [4.69, 9.17) is 0 Å². The third-order valence-corrected chi connectivity index (χ3v) is 4.36. The van der Waals surface area contributed by atoms with Crippen LogP contribution in [-0.2, 0) is 9.53 Å². The number of allylic oxidation sites excluding steroid dienone is 1. The first-order valence-electron chi connectivity index (χ1n) is 7.07. The number of alkyl halides is 3. The van der Waals surface area contributed by atoms with Crippen LogP contribution in [0.15, 0.2) is 42.5 Å². The smallest absolute Gasteiger partial charge is 0.451 e. The second-order valence-electron chi connectivity index (χ2n) is 6.27. The Balaban J connectivity index is 2.78. The number of rotatable bonds is 6. The molecule has 0 bridgehead atoms. The molecule has 1 aromatic carbocycles. The maximum absolute atomic E-state index is 12.4. The molecule has 1 atom stereocenters. The first kappa shape index (κ1) is 18.5. The molecule has 0 aromatic heterocycles. The van der Waals surface area contributed by atoms with Crippen molar-refractivity contribution in [3.05, 3.63) is 48.0 Å². The Labute approximate surface area is 130 Å². The van der Waals surface area contributed by atoms with Crippen LogP contribution in [0.4, 0.5) is 13.2 Å². The summed E-state index contributed by atoms with van der Waals surface area (Å²) in [6.07, 6.45) is -1.91. The average molecular weight is 330 g/mol. The fourth-order valence-corrected chi connectivity index (χ4v) is 2.65. The highest BCUT2D eigenvalue weighted by Gasteiger charge is 2.42. The van der Waals surface area contributed by atoms with Crippen molar-refractivity contribution >= 4 is 14.0 Å². The molecule has 0 heterocycles. The van der Waals surface area contributed by atoms with E-state index in [0.29, 0.717) is 5.56 Å². The quantitative estimate of drug-likeness (QED) is 0.411. The fourth-order valence-electron chi connectivity index (χ4n) is 1.77. The van der Waals surface area contributed by atoms with Crippen molar-refractivity contribution < 1.29 is 22.7 Å². The molecule has 1 aromatic rings. The predicted molar refractivity (Wildman–Crippen MR) is 83.2 cm³/mol. The van der Waals surface area contributed by atoms with Gasteiger partial charge in [0.25, 0.3) is 0 Å². The zero-order valence-electron chi connectivity index (χ0n) is 13.0. The lowest BCUT2D eigenvalue weighted by atomic mass is 10.1. The van der Waals surface area contributed by atoms with Gasteiger partial charge in [-0.05, 0) is 11.6 Å². The number of benzene rings is 1. The summed E-state index contributed by atoms with van der Waals surface area (Å²) < 4.78 is 41.8. The molecule has 0 aliphatic carbocycles. The number of carbonyl (C=O) groups is 1. The molecule has 2 nitrogen and oxygen atoms in total. The van der Waals surface area contributed by atoms with Crippen LogP contribution in [0.5, 0.6) is 0 Å². The van der Waals surface area contributed by atoms with E-state index in [-0.39, 0.29) is 6.42 Å². The van der Waals surface area contributed by atoms with Crippen molar-refractivity contribution in [3.8, 4) is 0 Å². The monoisotopic (exact) mass is 330 g/mol. The lowest BCUT2D eigenvalue weighted by Gasteiger charge is -2.18. The van der Waals surface area contributed by atoms with Gasteiger partial charge in [-0.2, -0.15) is 13.2 Å². The number of hydrogen-bond acceptors (Lipinski definition) is 2. The van der Waals surface area contributed by atoms with Crippen molar-refractivity contribution in [1.82, 2.24) is 0 Å². The first-order chi connectivity index (χ1) is 10.1. The van der Waals surface area contributed by atoms with E-state index < -0.39 is 26.3 Å². The lowest BCUT2D eigenvalue weighted by molar-refractivity contribution is -0.205. The molecular formula is C16H21F3O2Si. The standard InChI is InChI=1S/C16H21F3O2Si/c1-22(2,3)12-8-7-11-14(13-9-5-4-6-10-13)21-15(20)16(17,18)19/h4-10,14H,11-12H2,1-3H3/b8-7+. The lowest BCUT2D eigenvalue weighted by Crippen LogP contribution is -2.27. The minimum Gasteiger partial charge on any atom is -0.451 e. The van der Waals surface area contributed by atoms with Gasteiger partial charge in [0.1, 0.15) is 6.10 Å². The van der Waals surface area contributed by atoms with Crippen molar-refractivity contribution in [2.24, 2.45) is 0 Å². The van der Waals surface area contributed by atoms with Gasteiger partial charge in [0.05, 0.1) is 0 Å². The van der Waals surface area contributed by atoms with Crippen molar-refractivity contribution in [2.75, 3.05) is 0 Å². The molecule has 0 radical (unpaired) electrons. The van der Waals surface area contributed by atoms with Gasteiger partial charge in [0.15, 0.2) is 0 Å². The Morgan fingerprint density at radius 1 is 1.18 bits per heavy atom. The van der Waals surface area contributed by atoms with Gasteiger partial charge < -0.3 is 4.74 Å². The number of hydrogen-bond donors (Lipinski definition) is 0. The maximum Gasteiger partial charge on any atom is 0.490 e. The molecule has 1 unspecified atom stereocenters. The van der Waals surface area contributed by atoms with Gasteiger partial charge in [0.2, 0.25) is 0 Å². The third-order valence-electron chi connectivity index (χ3n) is 2.90. The van der Waals surface area contributed by atoms with Gasteiger partial charge in [-0.1, -0.05) is 62.1 Å². The highest BCUT2D eigenvalue weighted by Crippen LogP contribution is 2.26. The maximum atomic E-state index is 12.4. The predicted octanol–water partition coefficient (Wildman–Crippen LogP) is 5.12. The molecule has 0 aliphatic heterocycles. The Morgan fingerprint density at radius 3 is 2.27 bits per heavy atom.